The van der Waals surface area contributed by atoms with Gasteiger partial charge in [-0.2, -0.15) is 0 Å². The van der Waals surface area contributed by atoms with E-state index < -0.39 is 11.2 Å². The Balaban J connectivity index is 2.09. The quantitative estimate of drug-likeness (QED) is 0.501. The van der Waals surface area contributed by atoms with Gasteiger partial charge < -0.3 is 10.5 Å². The maximum absolute atomic E-state index is 13.1. The first-order chi connectivity index (χ1) is 13.0. The van der Waals surface area contributed by atoms with E-state index in [1.807, 2.05) is 43.3 Å². The van der Waals surface area contributed by atoms with Crippen molar-refractivity contribution in [2.75, 3.05) is 7.11 Å². The van der Waals surface area contributed by atoms with Gasteiger partial charge in [0.2, 0.25) is 5.91 Å². The molecule has 3 aromatic rings. The van der Waals surface area contributed by atoms with Crippen molar-refractivity contribution < 1.29 is 9.53 Å². The topological polar surface area (TPSA) is 87.2 Å². The predicted molar refractivity (Wildman–Crippen MR) is 107 cm³/mol. The van der Waals surface area contributed by atoms with Gasteiger partial charge in [-0.15, -0.1) is 0 Å². The minimum absolute atomic E-state index is 0.141. The second-order valence-electron chi connectivity index (χ2n) is 6.07. The van der Waals surface area contributed by atoms with E-state index >= 15 is 0 Å². The number of nitrogens with two attached hydrogens (primary N) is 1. The van der Waals surface area contributed by atoms with Crippen LogP contribution in [0.3, 0.4) is 0 Å². The lowest BCUT2D eigenvalue weighted by molar-refractivity contribution is -0.117. The molecule has 1 unspecified atom stereocenters. The number of aromatic nitrogens is 2. The number of para-hydroxylation sites is 1. The fraction of sp³-hybridized carbons (Fsp3) is 0.250. The van der Waals surface area contributed by atoms with Gasteiger partial charge in [0.1, 0.15) is 5.75 Å². The molecule has 0 spiro atoms. The molecule has 0 saturated carbocycles. The average Bonchev–Trinajstić information content (AvgIpc) is 2.69. The lowest BCUT2D eigenvalue weighted by Crippen LogP contribution is -2.28. The number of carbonyl (C=O) groups is 1. The Labute approximate surface area is 161 Å². The van der Waals surface area contributed by atoms with Gasteiger partial charge in [0.05, 0.1) is 29.8 Å². The fourth-order valence-corrected chi connectivity index (χ4v) is 3.72. The number of fused-ring (bicyclic) bond motifs is 1. The van der Waals surface area contributed by atoms with Crippen molar-refractivity contribution in [2.24, 2.45) is 5.73 Å². The highest BCUT2D eigenvalue weighted by atomic mass is 32.2. The van der Waals surface area contributed by atoms with Crippen LogP contribution in [0.25, 0.3) is 10.9 Å². The van der Waals surface area contributed by atoms with Crippen LogP contribution in [0.1, 0.15) is 18.9 Å². The summed E-state index contributed by atoms with van der Waals surface area (Å²) in [5, 5.41) is 0.586. The molecule has 6 nitrogen and oxygen atoms in total. The van der Waals surface area contributed by atoms with Crippen molar-refractivity contribution in [1.82, 2.24) is 9.55 Å². The monoisotopic (exact) mass is 383 g/mol. The van der Waals surface area contributed by atoms with Crippen LogP contribution in [0.15, 0.2) is 58.5 Å². The SMILES string of the molecule is CCC(Sc1nc2ccccc2c(=O)n1Cc1ccc(OC)cc1)C(N)=O. The summed E-state index contributed by atoms with van der Waals surface area (Å²) < 4.78 is 6.78. The molecular weight excluding hydrogens is 362 g/mol. The molecule has 0 saturated heterocycles. The van der Waals surface area contributed by atoms with E-state index in [9.17, 15) is 9.59 Å². The first-order valence-corrected chi connectivity index (χ1v) is 9.50. The predicted octanol–water partition coefficient (Wildman–Crippen LogP) is 2.81. The number of primary amides is 1. The zero-order chi connectivity index (χ0) is 19.4. The number of hydrogen-bond donors (Lipinski definition) is 1. The first kappa shape index (κ1) is 19.0. The van der Waals surface area contributed by atoms with E-state index in [1.54, 1.807) is 23.8 Å². The highest BCUT2D eigenvalue weighted by Gasteiger charge is 2.20. The highest BCUT2D eigenvalue weighted by molar-refractivity contribution is 8.00. The molecule has 0 aliphatic carbocycles. The zero-order valence-corrected chi connectivity index (χ0v) is 16.0. The molecule has 0 aliphatic heterocycles. The molecule has 2 N–H and O–H groups in total. The Kier molecular flexibility index (Phi) is 5.81. The van der Waals surface area contributed by atoms with Crippen LogP contribution in [0.5, 0.6) is 5.75 Å². The number of ether oxygens (including phenoxy) is 1. The summed E-state index contributed by atoms with van der Waals surface area (Å²) in [6.45, 7) is 2.23. The molecule has 0 radical (unpaired) electrons. The van der Waals surface area contributed by atoms with Gasteiger partial charge in [0, 0.05) is 0 Å². The largest absolute Gasteiger partial charge is 0.497 e. The number of benzene rings is 2. The van der Waals surface area contributed by atoms with E-state index in [-0.39, 0.29) is 5.56 Å². The van der Waals surface area contributed by atoms with Crippen LogP contribution in [0.2, 0.25) is 0 Å². The standard InChI is InChI=1S/C20H21N3O3S/c1-3-17(18(21)24)27-20-22-16-7-5-4-6-15(16)19(25)23(20)12-13-8-10-14(26-2)11-9-13/h4-11,17H,3,12H2,1-2H3,(H2,21,24). The average molecular weight is 383 g/mol. The van der Waals surface area contributed by atoms with E-state index in [0.29, 0.717) is 29.0 Å². The molecule has 27 heavy (non-hydrogen) atoms. The lowest BCUT2D eigenvalue weighted by Gasteiger charge is -2.16. The van der Waals surface area contributed by atoms with Crippen LogP contribution >= 0.6 is 11.8 Å². The van der Waals surface area contributed by atoms with E-state index in [4.69, 9.17) is 10.5 Å². The number of hydrogen-bond acceptors (Lipinski definition) is 5. The van der Waals surface area contributed by atoms with Gasteiger partial charge in [-0.25, -0.2) is 4.98 Å². The normalized spacial score (nSPS) is 12.1. The molecule has 2 aromatic carbocycles. The smallest absolute Gasteiger partial charge is 0.262 e. The second kappa shape index (κ2) is 8.26. The third-order valence-corrected chi connectivity index (χ3v) is 5.63. The molecule has 3 rings (SSSR count). The molecule has 7 heteroatoms. The maximum Gasteiger partial charge on any atom is 0.262 e. The lowest BCUT2D eigenvalue weighted by atomic mass is 10.2. The summed E-state index contributed by atoms with van der Waals surface area (Å²) in [4.78, 5) is 29.4. The van der Waals surface area contributed by atoms with Crippen molar-refractivity contribution in [3.05, 3.63) is 64.4 Å². The third kappa shape index (κ3) is 4.14. The van der Waals surface area contributed by atoms with Crippen LogP contribution in [0.4, 0.5) is 0 Å². The van der Waals surface area contributed by atoms with Crippen molar-refractivity contribution in [3.63, 3.8) is 0 Å². The molecule has 1 aromatic heterocycles. The number of methoxy groups -OCH3 is 1. The minimum Gasteiger partial charge on any atom is -0.497 e. The van der Waals surface area contributed by atoms with Crippen LogP contribution < -0.4 is 16.0 Å². The summed E-state index contributed by atoms with van der Waals surface area (Å²) in [6, 6.07) is 14.7. The van der Waals surface area contributed by atoms with Gasteiger partial charge in [-0.3, -0.25) is 14.2 Å². The fourth-order valence-electron chi connectivity index (χ4n) is 2.76. The Bertz CT molecular complexity index is 1020. The Morgan fingerprint density at radius 1 is 1.22 bits per heavy atom. The van der Waals surface area contributed by atoms with Gasteiger partial charge in [0.15, 0.2) is 5.16 Å². The summed E-state index contributed by atoms with van der Waals surface area (Å²) in [6.07, 6.45) is 0.561. The van der Waals surface area contributed by atoms with Gasteiger partial charge in [0.25, 0.3) is 5.56 Å². The second-order valence-corrected chi connectivity index (χ2v) is 7.24. The zero-order valence-electron chi connectivity index (χ0n) is 15.2. The molecule has 0 aliphatic rings. The summed E-state index contributed by atoms with van der Waals surface area (Å²) >= 11 is 1.23. The maximum atomic E-state index is 13.1. The number of nitrogens with zero attached hydrogens (tertiary/aromatic N) is 2. The number of thioether (sulfide) groups is 1. The van der Waals surface area contributed by atoms with E-state index in [2.05, 4.69) is 4.98 Å². The van der Waals surface area contributed by atoms with Crippen molar-refractivity contribution in [3.8, 4) is 5.75 Å². The van der Waals surface area contributed by atoms with E-state index in [1.165, 1.54) is 11.8 Å². The van der Waals surface area contributed by atoms with Crippen molar-refractivity contribution in [1.29, 1.82) is 0 Å². The molecule has 1 amide bonds. The summed E-state index contributed by atoms with van der Waals surface area (Å²) in [5.41, 5.74) is 6.89. The molecule has 1 heterocycles. The summed E-state index contributed by atoms with van der Waals surface area (Å²) in [5.74, 6) is 0.331. The first-order valence-electron chi connectivity index (χ1n) is 8.62. The van der Waals surface area contributed by atoms with Crippen LogP contribution in [0, 0.1) is 0 Å². The van der Waals surface area contributed by atoms with Gasteiger partial charge >= 0.3 is 0 Å². The van der Waals surface area contributed by atoms with Crippen molar-refractivity contribution >= 4 is 28.6 Å². The van der Waals surface area contributed by atoms with Crippen LogP contribution in [-0.4, -0.2) is 27.8 Å². The number of rotatable bonds is 7. The number of carbonyl (C=O) groups excluding carboxylic acids is 1. The Morgan fingerprint density at radius 2 is 1.93 bits per heavy atom. The third-order valence-electron chi connectivity index (χ3n) is 4.26. The number of amides is 1. The van der Waals surface area contributed by atoms with Gasteiger partial charge in [-0.1, -0.05) is 43.0 Å². The molecule has 1 atom stereocenters. The summed E-state index contributed by atoms with van der Waals surface area (Å²) in [7, 11) is 1.61. The van der Waals surface area contributed by atoms with Crippen molar-refractivity contribution in [2.45, 2.75) is 30.3 Å². The molecule has 140 valence electrons. The minimum atomic E-state index is -0.444. The van der Waals surface area contributed by atoms with Crippen LogP contribution in [-0.2, 0) is 11.3 Å². The Hall–Kier alpha value is -2.80. The molecule has 0 fully saturated rings. The highest BCUT2D eigenvalue weighted by Crippen LogP contribution is 2.25. The molecule has 0 bridgehead atoms. The Morgan fingerprint density at radius 3 is 2.56 bits per heavy atom. The van der Waals surface area contributed by atoms with E-state index in [0.717, 1.165) is 11.3 Å². The molecular formula is C20H21N3O3S. The van der Waals surface area contributed by atoms with Gasteiger partial charge in [-0.05, 0) is 36.2 Å².